The van der Waals surface area contributed by atoms with Crippen molar-refractivity contribution in [3.05, 3.63) is 29.6 Å². The van der Waals surface area contributed by atoms with Crippen molar-refractivity contribution in [1.29, 1.82) is 0 Å². The molecule has 0 aliphatic heterocycles. The number of alkyl halides is 3. The Morgan fingerprint density at radius 2 is 1.26 bits per heavy atom. The van der Waals surface area contributed by atoms with E-state index >= 15 is 0 Å². The molecule has 4 nitrogen and oxygen atoms in total. The molecule has 0 saturated carbocycles. The molecule has 200 valence electrons. The van der Waals surface area contributed by atoms with Crippen LogP contribution in [0, 0.1) is 11.2 Å². The van der Waals surface area contributed by atoms with Gasteiger partial charge in [-0.25, -0.2) is 4.39 Å². The predicted octanol–water partition coefficient (Wildman–Crippen LogP) is 8.41. The van der Waals surface area contributed by atoms with Gasteiger partial charge in [0, 0.05) is 0 Å². The van der Waals surface area contributed by atoms with Gasteiger partial charge < -0.3 is 9.47 Å². The fraction of sp³-hybridized carbons (Fsp3) is 0.704. The lowest BCUT2D eigenvalue weighted by Crippen LogP contribution is -2.38. The Morgan fingerprint density at radius 1 is 0.771 bits per heavy atom. The molecule has 0 aromatic heterocycles. The summed E-state index contributed by atoms with van der Waals surface area (Å²) in [6.45, 7) is 4.81. The van der Waals surface area contributed by atoms with Crippen LogP contribution >= 0.6 is 0 Å². The molecule has 0 fully saturated rings. The largest absolute Gasteiger partial charge is 0.465 e. The van der Waals surface area contributed by atoms with E-state index < -0.39 is 40.7 Å². The maximum atomic E-state index is 14.1. The molecule has 0 N–H and O–H groups in total. The first-order valence-corrected chi connectivity index (χ1v) is 12.8. The smallest absolute Gasteiger partial charge is 0.419 e. The van der Waals surface area contributed by atoms with E-state index in [0.29, 0.717) is 12.5 Å². The zero-order valence-corrected chi connectivity index (χ0v) is 21.3. The first kappa shape index (κ1) is 30.9. The lowest BCUT2D eigenvalue weighted by molar-refractivity contribution is -0.165. The van der Waals surface area contributed by atoms with Crippen molar-refractivity contribution >= 4 is 11.9 Å². The van der Waals surface area contributed by atoms with Crippen LogP contribution in [0.25, 0.3) is 0 Å². The number of carbonyl (C=O) groups excluding carboxylic acids is 2. The molecular formula is C27H40F4O4. The molecule has 0 aliphatic carbocycles. The Kier molecular flexibility index (Phi) is 13.9. The van der Waals surface area contributed by atoms with Crippen molar-refractivity contribution in [2.24, 2.45) is 5.41 Å². The van der Waals surface area contributed by atoms with Crippen LogP contribution in [0.4, 0.5) is 17.6 Å². The third-order valence-electron chi connectivity index (χ3n) is 5.97. The highest BCUT2D eigenvalue weighted by atomic mass is 19.4. The van der Waals surface area contributed by atoms with Crippen molar-refractivity contribution in [1.82, 2.24) is 0 Å². The molecule has 1 aromatic rings. The molecule has 0 amide bonds. The minimum Gasteiger partial charge on any atom is -0.465 e. The molecule has 0 heterocycles. The second-order valence-corrected chi connectivity index (χ2v) is 9.51. The lowest BCUT2D eigenvalue weighted by atomic mass is 9.94. The molecule has 0 radical (unpaired) electrons. The van der Waals surface area contributed by atoms with E-state index in [1.54, 1.807) is 0 Å². The minimum atomic E-state index is -4.94. The molecule has 1 rings (SSSR count). The molecular weight excluding hydrogens is 464 g/mol. The second kappa shape index (κ2) is 15.8. The predicted molar refractivity (Wildman–Crippen MR) is 127 cm³/mol. The Labute approximate surface area is 206 Å². The van der Waals surface area contributed by atoms with Crippen molar-refractivity contribution in [3.8, 4) is 5.75 Å². The van der Waals surface area contributed by atoms with E-state index in [4.69, 9.17) is 9.47 Å². The minimum absolute atomic E-state index is 0.130. The van der Waals surface area contributed by atoms with Crippen LogP contribution in [0.15, 0.2) is 18.2 Å². The second-order valence-electron chi connectivity index (χ2n) is 9.51. The topological polar surface area (TPSA) is 52.6 Å². The summed E-state index contributed by atoms with van der Waals surface area (Å²) < 4.78 is 62.6. The molecule has 1 aromatic carbocycles. The van der Waals surface area contributed by atoms with E-state index in [-0.39, 0.29) is 6.61 Å². The Hall–Kier alpha value is -2.12. The van der Waals surface area contributed by atoms with Crippen molar-refractivity contribution in [2.75, 3.05) is 6.61 Å². The van der Waals surface area contributed by atoms with E-state index in [1.165, 1.54) is 71.6 Å². The zero-order chi connectivity index (χ0) is 26.3. The fourth-order valence-corrected chi connectivity index (χ4v) is 3.58. The van der Waals surface area contributed by atoms with Gasteiger partial charge in [0.05, 0.1) is 12.2 Å². The molecule has 8 heteroatoms. The van der Waals surface area contributed by atoms with Gasteiger partial charge >= 0.3 is 18.1 Å². The van der Waals surface area contributed by atoms with Gasteiger partial charge in [0.2, 0.25) is 0 Å². The van der Waals surface area contributed by atoms with Gasteiger partial charge in [-0.1, -0.05) is 90.0 Å². The number of benzene rings is 1. The number of carbonyl (C=O) groups is 2. The van der Waals surface area contributed by atoms with E-state index in [0.717, 1.165) is 31.4 Å². The van der Waals surface area contributed by atoms with Crippen LogP contribution in [-0.4, -0.2) is 18.5 Å². The van der Waals surface area contributed by atoms with Crippen LogP contribution in [-0.2, 0) is 20.5 Å². The molecule has 0 saturated heterocycles. The highest BCUT2D eigenvalue weighted by Gasteiger charge is 2.41. The Balaban J connectivity index is 2.26. The summed E-state index contributed by atoms with van der Waals surface area (Å²) in [6.07, 6.45) is 10.4. The number of esters is 2. The summed E-state index contributed by atoms with van der Waals surface area (Å²) in [7, 11) is 0. The maximum Gasteiger partial charge on any atom is 0.419 e. The summed E-state index contributed by atoms with van der Waals surface area (Å²) in [5.41, 5.74) is -3.34. The highest BCUT2D eigenvalue weighted by molar-refractivity contribution is 5.99. The van der Waals surface area contributed by atoms with E-state index in [1.807, 2.05) is 0 Å². The number of unbranched alkanes of at least 4 members (excludes halogenated alkanes) is 12. The van der Waals surface area contributed by atoms with Crippen LogP contribution < -0.4 is 4.74 Å². The van der Waals surface area contributed by atoms with Gasteiger partial charge in [0.25, 0.3) is 0 Å². The van der Waals surface area contributed by atoms with Crippen molar-refractivity contribution in [2.45, 2.75) is 110 Å². The van der Waals surface area contributed by atoms with Gasteiger partial charge in [-0.05, 0) is 32.4 Å². The summed E-state index contributed by atoms with van der Waals surface area (Å²) in [4.78, 5) is 24.7. The highest BCUT2D eigenvalue weighted by Crippen LogP contribution is 2.35. The number of hydrogen-bond donors (Lipinski definition) is 0. The first-order valence-electron chi connectivity index (χ1n) is 12.8. The number of rotatable bonds is 17. The maximum absolute atomic E-state index is 14.1. The van der Waals surface area contributed by atoms with E-state index in [9.17, 15) is 27.2 Å². The van der Waals surface area contributed by atoms with Crippen molar-refractivity contribution in [3.63, 3.8) is 0 Å². The quantitative estimate of drug-likeness (QED) is 0.0702. The molecule has 0 unspecified atom stereocenters. The average Bonchev–Trinajstić information content (AvgIpc) is 2.79. The summed E-state index contributed by atoms with van der Waals surface area (Å²) in [5.74, 6) is -4.65. The average molecular weight is 505 g/mol. The zero-order valence-electron chi connectivity index (χ0n) is 21.3. The molecule has 0 aliphatic rings. The van der Waals surface area contributed by atoms with E-state index in [2.05, 4.69) is 6.92 Å². The number of halogens is 4. The molecule has 0 bridgehead atoms. The molecule has 35 heavy (non-hydrogen) atoms. The van der Waals surface area contributed by atoms with Gasteiger partial charge in [0.15, 0.2) is 17.0 Å². The Morgan fingerprint density at radius 3 is 1.74 bits per heavy atom. The van der Waals surface area contributed by atoms with Gasteiger partial charge in [-0.3, -0.25) is 9.59 Å². The molecule has 0 spiro atoms. The first-order chi connectivity index (χ1) is 16.5. The lowest BCUT2D eigenvalue weighted by Gasteiger charge is -2.21. The summed E-state index contributed by atoms with van der Waals surface area (Å²) >= 11 is 0. The number of hydrogen-bond acceptors (Lipinski definition) is 4. The van der Waals surface area contributed by atoms with Crippen LogP contribution in [0.2, 0.25) is 0 Å². The van der Waals surface area contributed by atoms with Crippen LogP contribution in [0.3, 0.4) is 0 Å². The fourth-order valence-electron chi connectivity index (χ4n) is 3.58. The normalized spacial score (nSPS) is 12.0. The summed E-state index contributed by atoms with van der Waals surface area (Å²) in [6, 6.07) is 2.37. The third kappa shape index (κ3) is 11.4. The molecule has 0 atom stereocenters. The van der Waals surface area contributed by atoms with Crippen molar-refractivity contribution < 1.29 is 36.6 Å². The number of ether oxygens (including phenoxy) is 2. The standard InChI is InChI=1S/C27H40F4O4/c1-4-5-6-7-8-9-10-11-12-13-14-15-16-20-34-24(32)26(2,3)25(33)35-22-19-17-18-21(23(22)28)27(29,30)31/h17-19H,4-16,20H2,1-3H3. The third-order valence-corrected chi connectivity index (χ3v) is 5.97. The monoisotopic (exact) mass is 504 g/mol. The Bertz CT molecular complexity index is 775. The van der Waals surface area contributed by atoms with Gasteiger partial charge in [0.1, 0.15) is 0 Å². The van der Waals surface area contributed by atoms with Gasteiger partial charge in [-0.2, -0.15) is 13.2 Å². The SMILES string of the molecule is CCCCCCCCCCCCCCCOC(=O)C(C)(C)C(=O)Oc1cccc(C(F)(F)F)c1F. The van der Waals surface area contributed by atoms with Crippen LogP contribution in [0.1, 0.15) is 110 Å². The summed E-state index contributed by atoms with van der Waals surface area (Å²) in [5, 5.41) is 0. The van der Waals surface area contributed by atoms with Crippen LogP contribution in [0.5, 0.6) is 5.75 Å². The van der Waals surface area contributed by atoms with Gasteiger partial charge in [-0.15, -0.1) is 0 Å².